The Hall–Kier alpha value is -0.630. The van der Waals surface area contributed by atoms with Crippen molar-refractivity contribution in [1.82, 2.24) is 10.2 Å². The summed E-state index contributed by atoms with van der Waals surface area (Å²) in [6.07, 6.45) is 0. The van der Waals surface area contributed by atoms with Gasteiger partial charge in [-0.25, -0.2) is 0 Å². The monoisotopic (exact) mass is 530 g/mol. The molecule has 0 bridgehead atoms. The Bertz CT molecular complexity index is 820. The van der Waals surface area contributed by atoms with Gasteiger partial charge in [-0.05, 0) is 29.8 Å². The highest BCUT2D eigenvalue weighted by Crippen LogP contribution is 2.37. The summed E-state index contributed by atoms with van der Waals surface area (Å²) in [6, 6.07) is 9.12. The zero-order valence-electron chi connectivity index (χ0n) is 17.2. The number of nitrogens with one attached hydrogen (secondary N) is 1. The Balaban J connectivity index is 0.00000240. The number of morpholine rings is 1. The lowest BCUT2D eigenvalue weighted by Gasteiger charge is -2.26. The van der Waals surface area contributed by atoms with Gasteiger partial charge in [0.1, 0.15) is 6.61 Å². The largest absolute Gasteiger partial charge is 0.493 e. The molecule has 0 unspecified atom stereocenters. The molecule has 0 spiro atoms. The second-order valence-corrected chi connectivity index (χ2v) is 8.02. The maximum Gasteiger partial charge on any atom is 0.180 e. The number of nitrogens with zero attached hydrogens (tertiary/aromatic N) is 1. The number of hydrogen-bond donors (Lipinski definition) is 1. The standard InChI is InChI=1S/C21H25Cl3N2O3.2ClH/c1-27-20-11-15(13-25-4-5-26-6-8-28-9-7-26)10-19(24)21(20)29-14-16-2-3-17(22)12-18(16)23;;/h2-3,10-12,25H,4-9,13-14H2,1H3;2*1H. The van der Waals surface area contributed by atoms with Crippen LogP contribution in [0.4, 0.5) is 0 Å². The molecule has 1 aliphatic heterocycles. The summed E-state index contributed by atoms with van der Waals surface area (Å²) in [5.41, 5.74) is 1.86. The van der Waals surface area contributed by atoms with Gasteiger partial charge >= 0.3 is 0 Å². The Labute approximate surface area is 211 Å². The molecule has 0 saturated carbocycles. The molecule has 1 fully saturated rings. The van der Waals surface area contributed by atoms with E-state index in [-0.39, 0.29) is 31.4 Å². The molecule has 1 saturated heterocycles. The van der Waals surface area contributed by atoms with Crippen LogP contribution in [0.5, 0.6) is 11.5 Å². The average Bonchev–Trinajstić information content (AvgIpc) is 2.72. The van der Waals surface area contributed by atoms with Crippen LogP contribution in [0.3, 0.4) is 0 Å². The Morgan fingerprint density at radius 3 is 2.45 bits per heavy atom. The van der Waals surface area contributed by atoms with E-state index in [0.717, 1.165) is 50.5 Å². The number of benzene rings is 2. The Morgan fingerprint density at radius 1 is 1.03 bits per heavy atom. The van der Waals surface area contributed by atoms with E-state index in [2.05, 4.69) is 10.2 Å². The van der Waals surface area contributed by atoms with Crippen molar-refractivity contribution in [3.05, 3.63) is 56.5 Å². The lowest BCUT2D eigenvalue weighted by Crippen LogP contribution is -2.40. The quantitative estimate of drug-likeness (QED) is 0.432. The van der Waals surface area contributed by atoms with Gasteiger partial charge in [0, 0.05) is 48.3 Å². The third kappa shape index (κ3) is 8.67. The van der Waals surface area contributed by atoms with E-state index < -0.39 is 0 Å². The predicted molar refractivity (Wildman–Crippen MR) is 132 cm³/mol. The summed E-state index contributed by atoms with van der Waals surface area (Å²) < 4.78 is 16.8. The first kappa shape index (κ1) is 28.4. The molecule has 2 aromatic rings. The molecule has 0 radical (unpaired) electrons. The van der Waals surface area contributed by atoms with Crippen molar-refractivity contribution in [3.63, 3.8) is 0 Å². The Kier molecular flexibility index (Phi) is 13.3. The number of rotatable bonds is 9. The number of hydrogen-bond acceptors (Lipinski definition) is 5. The minimum Gasteiger partial charge on any atom is -0.493 e. The van der Waals surface area contributed by atoms with Crippen molar-refractivity contribution < 1.29 is 14.2 Å². The third-order valence-electron chi connectivity index (χ3n) is 4.71. The molecular formula is C21H27Cl5N2O3. The van der Waals surface area contributed by atoms with Gasteiger partial charge in [0.15, 0.2) is 11.5 Å². The lowest BCUT2D eigenvalue weighted by molar-refractivity contribution is 0.0384. The van der Waals surface area contributed by atoms with Crippen LogP contribution in [0.2, 0.25) is 15.1 Å². The molecule has 2 aromatic carbocycles. The van der Waals surface area contributed by atoms with Gasteiger partial charge in [-0.15, -0.1) is 24.8 Å². The average molecular weight is 533 g/mol. The van der Waals surface area contributed by atoms with Crippen LogP contribution in [0, 0.1) is 0 Å². The van der Waals surface area contributed by atoms with Gasteiger partial charge in [-0.3, -0.25) is 4.90 Å². The fourth-order valence-electron chi connectivity index (χ4n) is 3.10. The molecule has 1 aliphatic rings. The summed E-state index contributed by atoms with van der Waals surface area (Å²) >= 11 is 18.6. The fraction of sp³-hybridized carbons (Fsp3) is 0.429. The maximum atomic E-state index is 6.47. The van der Waals surface area contributed by atoms with Gasteiger partial charge in [0.25, 0.3) is 0 Å². The summed E-state index contributed by atoms with van der Waals surface area (Å²) in [6.45, 7) is 6.47. The van der Waals surface area contributed by atoms with Crippen LogP contribution in [0.1, 0.15) is 11.1 Å². The van der Waals surface area contributed by atoms with Crippen molar-refractivity contribution in [2.75, 3.05) is 46.5 Å². The van der Waals surface area contributed by atoms with E-state index in [1.54, 1.807) is 19.2 Å². The summed E-state index contributed by atoms with van der Waals surface area (Å²) in [7, 11) is 1.60. The summed E-state index contributed by atoms with van der Waals surface area (Å²) in [4.78, 5) is 2.39. The molecule has 5 nitrogen and oxygen atoms in total. The second kappa shape index (κ2) is 14.5. The van der Waals surface area contributed by atoms with E-state index in [0.29, 0.717) is 33.1 Å². The van der Waals surface area contributed by atoms with Crippen LogP contribution >= 0.6 is 59.6 Å². The smallest absolute Gasteiger partial charge is 0.180 e. The van der Waals surface area contributed by atoms with Gasteiger partial charge in [0.2, 0.25) is 0 Å². The molecular weight excluding hydrogens is 506 g/mol. The van der Waals surface area contributed by atoms with E-state index in [1.807, 2.05) is 18.2 Å². The molecule has 0 aliphatic carbocycles. The third-order valence-corrected chi connectivity index (χ3v) is 5.58. The van der Waals surface area contributed by atoms with Crippen molar-refractivity contribution in [2.24, 2.45) is 0 Å². The molecule has 0 aromatic heterocycles. The zero-order valence-corrected chi connectivity index (χ0v) is 21.1. The van der Waals surface area contributed by atoms with Gasteiger partial charge < -0.3 is 19.5 Å². The van der Waals surface area contributed by atoms with Gasteiger partial charge in [-0.1, -0.05) is 40.9 Å². The van der Waals surface area contributed by atoms with Crippen molar-refractivity contribution in [2.45, 2.75) is 13.2 Å². The van der Waals surface area contributed by atoms with Gasteiger partial charge in [-0.2, -0.15) is 0 Å². The van der Waals surface area contributed by atoms with Gasteiger partial charge in [0.05, 0.1) is 25.3 Å². The van der Waals surface area contributed by atoms with Crippen molar-refractivity contribution in [3.8, 4) is 11.5 Å². The first-order chi connectivity index (χ1) is 14.1. The van der Waals surface area contributed by atoms with Crippen LogP contribution in [0.25, 0.3) is 0 Å². The topological polar surface area (TPSA) is 43.0 Å². The lowest BCUT2D eigenvalue weighted by atomic mass is 10.2. The van der Waals surface area contributed by atoms with Crippen LogP contribution in [-0.4, -0.2) is 51.4 Å². The highest BCUT2D eigenvalue weighted by atomic mass is 35.5. The first-order valence-corrected chi connectivity index (χ1v) is 10.6. The van der Waals surface area contributed by atoms with E-state index >= 15 is 0 Å². The number of halogens is 5. The van der Waals surface area contributed by atoms with Crippen molar-refractivity contribution >= 4 is 59.6 Å². The Morgan fingerprint density at radius 2 is 1.77 bits per heavy atom. The minimum atomic E-state index is 0. The number of methoxy groups -OCH3 is 1. The highest BCUT2D eigenvalue weighted by molar-refractivity contribution is 6.35. The molecule has 10 heteroatoms. The maximum absolute atomic E-state index is 6.47. The molecule has 1 N–H and O–H groups in total. The molecule has 0 amide bonds. The second-order valence-electron chi connectivity index (χ2n) is 6.76. The van der Waals surface area contributed by atoms with E-state index in [9.17, 15) is 0 Å². The molecule has 31 heavy (non-hydrogen) atoms. The van der Waals surface area contributed by atoms with Crippen LogP contribution < -0.4 is 14.8 Å². The molecule has 3 rings (SSSR count). The number of ether oxygens (including phenoxy) is 3. The molecule has 1 heterocycles. The van der Waals surface area contributed by atoms with Crippen LogP contribution in [0.15, 0.2) is 30.3 Å². The van der Waals surface area contributed by atoms with Crippen LogP contribution in [-0.2, 0) is 17.9 Å². The zero-order chi connectivity index (χ0) is 20.6. The molecule has 0 atom stereocenters. The minimum absolute atomic E-state index is 0. The van der Waals surface area contributed by atoms with Crippen molar-refractivity contribution in [1.29, 1.82) is 0 Å². The molecule has 174 valence electrons. The first-order valence-electron chi connectivity index (χ1n) is 9.51. The highest BCUT2D eigenvalue weighted by Gasteiger charge is 2.14. The SMILES string of the molecule is COc1cc(CNCCN2CCOCC2)cc(Cl)c1OCc1ccc(Cl)cc1Cl.Cl.Cl. The van der Waals surface area contributed by atoms with E-state index in [1.165, 1.54) is 0 Å². The van der Waals surface area contributed by atoms with E-state index in [4.69, 9.17) is 49.0 Å². The fourth-order valence-corrected chi connectivity index (χ4v) is 3.85. The summed E-state index contributed by atoms with van der Waals surface area (Å²) in [5.74, 6) is 1.09. The normalized spacial score (nSPS) is 13.8. The predicted octanol–water partition coefficient (Wildman–Crippen LogP) is 5.50. The summed E-state index contributed by atoms with van der Waals surface area (Å²) in [5, 5.41) is 5.08.